The van der Waals surface area contributed by atoms with E-state index >= 15 is 0 Å². The van der Waals surface area contributed by atoms with Gasteiger partial charge in [-0.25, -0.2) is 8.42 Å². The van der Waals surface area contributed by atoms with Crippen molar-refractivity contribution < 1.29 is 57.2 Å². The van der Waals surface area contributed by atoms with Crippen molar-refractivity contribution in [3.05, 3.63) is 211 Å². The molecule has 0 atom stereocenters. The Bertz CT molecular complexity index is 2950. The molecule has 0 unspecified atom stereocenters. The molecule has 0 N–H and O–H groups in total. The maximum Gasteiger partial charge on any atom is 0.460 e. The standard InChI is InChI=1S/C48H34BrOS3.C4HF9O3S/c49-39-15-17-40(18-16-39)50-41-19-29-46(30-20-41)53(47-31-25-44(26-32-47)51-42-21-11-37(12-22-42)35-7-3-1-4-8-35)48-33-27-45(28-34-48)52-43-23-13-38(14-24-43)36-9-5-2-6-10-36;5-1(6,3(9,10)11)2(7,8)4(12,13)17(14,15)16/h1-34H;(H,14,15,16)/q+1;/p-1. The molecule has 8 aromatic rings. The molecule has 0 aliphatic heterocycles. The topological polar surface area (TPSA) is 66.4 Å². The summed E-state index contributed by atoms with van der Waals surface area (Å²) >= 11 is 7.09. The summed E-state index contributed by atoms with van der Waals surface area (Å²) in [6.45, 7) is 0. The third kappa shape index (κ3) is 12.3. The molecule has 0 radical (unpaired) electrons. The first-order chi connectivity index (χ1) is 33.1. The first-order valence-electron chi connectivity index (χ1n) is 20.4. The van der Waals surface area contributed by atoms with Gasteiger partial charge in [0, 0.05) is 24.1 Å². The Morgan fingerprint density at radius 3 is 1.04 bits per heavy atom. The summed E-state index contributed by atoms with van der Waals surface area (Å²) in [6, 6.07) is 73.3. The molecular weight excluding hydrogens is 1070 g/mol. The molecule has 0 amide bonds. The van der Waals surface area contributed by atoms with Crippen molar-refractivity contribution in [1.82, 2.24) is 0 Å². The van der Waals surface area contributed by atoms with Gasteiger partial charge in [0.15, 0.2) is 24.8 Å². The molecule has 0 saturated carbocycles. The fourth-order valence-corrected chi connectivity index (χ4v) is 10.8. The van der Waals surface area contributed by atoms with Gasteiger partial charge in [0.2, 0.25) is 0 Å². The lowest BCUT2D eigenvalue weighted by molar-refractivity contribution is -0.382. The van der Waals surface area contributed by atoms with Crippen LogP contribution in [0.4, 0.5) is 39.5 Å². The van der Waals surface area contributed by atoms with Crippen molar-refractivity contribution in [2.45, 2.75) is 57.5 Å². The summed E-state index contributed by atoms with van der Waals surface area (Å²) in [4.78, 5) is 8.66. The van der Waals surface area contributed by atoms with Gasteiger partial charge in [0.1, 0.15) is 11.5 Å². The molecule has 0 aromatic heterocycles. The number of rotatable bonds is 14. The summed E-state index contributed by atoms with van der Waals surface area (Å²) in [5.74, 6) is -13.2. The largest absolute Gasteiger partial charge is 0.743 e. The van der Waals surface area contributed by atoms with Crippen LogP contribution in [0.2, 0.25) is 0 Å². The van der Waals surface area contributed by atoms with Gasteiger partial charge in [-0.05, 0) is 144 Å². The fraction of sp³-hybridized carbons (Fsp3) is 0.0769. The van der Waals surface area contributed by atoms with Crippen molar-refractivity contribution >= 4 is 60.5 Å². The average molecular weight is 1100 g/mol. The summed E-state index contributed by atoms with van der Waals surface area (Å²) in [5, 5.41) is -7.11. The maximum atomic E-state index is 12.2. The Balaban J connectivity index is 0.000000364. The van der Waals surface area contributed by atoms with Gasteiger partial charge in [0.25, 0.3) is 0 Å². The van der Waals surface area contributed by atoms with E-state index in [0.29, 0.717) is 0 Å². The third-order valence-corrected chi connectivity index (χ3v) is 15.7. The Kier molecular flexibility index (Phi) is 16.2. The minimum absolute atomic E-state index is 0.311. The lowest BCUT2D eigenvalue weighted by Gasteiger charge is -2.34. The minimum Gasteiger partial charge on any atom is -0.743 e. The molecule has 0 bridgehead atoms. The zero-order chi connectivity index (χ0) is 50.3. The predicted octanol–water partition coefficient (Wildman–Crippen LogP) is 16.9. The van der Waals surface area contributed by atoms with E-state index < -0.39 is 33.4 Å². The monoisotopic (exact) mass is 1100 g/mol. The molecule has 0 fully saturated rings. The van der Waals surface area contributed by atoms with Crippen LogP contribution >= 0.6 is 39.5 Å². The van der Waals surface area contributed by atoms with E-state index in [9.17, 15) is 52.5 Å². The van der Waals surface area contributed by atoms with Crippen LogP contribution in [-0.4, -0.2) is 36.2 Å². The van der Waals surface area contributed by atoms with Crippen LogP contribution < -0.4 is 4.74 Å². The molecule has 4 nitrogen and oxygen atoms in total. The normalized spacial score (nSPS) is 12.3. The van der Waals surface area contributed by atoms with Crippen LogP contribution in [0.25, 0.3) is 22.3 Å². The van der Waals surface area contributed by atoms with Gasteiger partial charge in [-0.1, -0.05) is 124 Å². The average Bonchev–Trinajstić information content (AvgIpc) is 3.34. The van der Waals surface area contributed by atoms with Crippen molar-refractivity contribution in [2.24, 2.45) is 0 Å². The van der Waals surface area contributed by atoms with Crippen molar-refractivity contribution in [1.29, 1.82) is 0 Å². The summed E-state index contributed by atoms with van der Waals surface area (Å²) < 4.78 is 143. The van der Waals surface area contributed by atoms with Crippen molar-refractivity contribution in [3.63, 3.8) is 0 Å². The predicted molar refractivity (Wildman–Crippen MR) is 258 cm³/mol. The Labute approximate surface area is 417 Å². The fourth-order valence-electron chi connectivity index (χ4n) is 6.46. The van der Waals surface area contributed by atoms with Crippen LogP contribution in [0, 0.1) is 0 Å². The Hall–Kier alpha value is -5.63. The smallest absolute Gasteiger partial charge is 0.460 e. The van der Waals surface area contributed by atoms with Gasteiger partial charge < -0.3 is 9.29 Å². The van der Waals surface area contributed by atoms with Crippen LogP contribution in [0.3, 0.4) is 0 Å². The van der Waals surface area contributed by atoms with Gasteiger partial charge in [-0.15, -0.1) is 0 Å². The maximum absolute atomic E-state index is 12.2. The molecule has 0 aliphatic rings. The number of ether oxygens (including phenoxy) is 1. The highest BCUT2D eigenvalue weighted by molar-refractivity contribution is 9.10. The molecule has 0 saturated heterocycles. The number of benzene rings is 8. The van der Waals surface area contributed by atoms with Gasteiger partial charge in [0.05, 0.1) is 10.9 Å². The van der Waals surface area contributed by atoms with Crippen LogP contribution in [0.1, 0.15) is 0 Å². The number of halogens is 10. The minimum atomic E-state index is -7.43. The van der Waals surface area contributed by atoms with E-state index in [0.717, 1.165) is 16.0 Å². The second-order valence-electron chi connectivity index (χ2n) is 14.9. The molecule has 0 aliphatic carbocycles. The van der Waals surface area contributed by atoms with Crippen LogP contribution in [0.15, 0.2) is 245 Å². The first-order valence-corrected chi connectivity index (χ1v) is 25.5. The summed E-state index contributed by atoms with van der Waals surface area (Å²) in [7, 11) is -7.73. The second-order valence-corrected chi connectivity index (χ2v) is 21.5. The van der Waals surface area contributed by atoms with Gasteiger partial charge in [-0.2, -0.15) is 39.5 Å². The highest BCUT2D eigenvalue weighted by atomic mass is 79.9. The Morgan fingerprint density at radius 2 is 0.714 bits per heavy atom. The Morgan fingerprint density at radius 1 is 0.414 bits per heavy atom. The number of hydrogen-bond acceptors (Lipinski definition) is 6. The van der Waals surface area contributed by atoms with Crippen LogP contribution in [0.5, 0.6) is 11.5 Å². The van der Waals surface area contributed by atoms with E-state index in [1.54, 1.807) is 23.5 Å². The quantitative estimate of drug-likeness (QED) is 0.0614. The highest BCUT2D eigenvalue weighted by Crippen LogP contribution is 2.54. The molecule has 70 heavy (non-hydrogen) atoms. The number of hydrogen-bond donors (Lipinski definition) is 0. The zero-order valence-electron chi connectivity index (χ0n) is 35.7. The third-order valence-electron chi connectivity index (χ3n) is 10.1. The zero-order valence-corrected chi connectivity index (χ0v) is 40.5. The summed E-state index contributed by atoms with van der Waals surface area (Å²) in [5.41, 5.74) is 4.93. The molecule has 18 heteroatoms. The molecule has 8 rings (SSSR count). The van der Waals surface area contributed by atoms with Gasteiger partial charge in [-0.3, -0.25) is 0 Å². The van der Waals surface area contributed by atoms with Crippen molar-refractivity contribution in [2.75, 3.05) is 0 Å². The second kappa shape index (κ2) is 21.8. The first kappa shape index (κ1) is 52.2. The van der Waals surface area contributed by atoms with E-state index in [1.165, 1.54) is 56.5 Å². The SMILES string of the molecule is Brc1ccc(Oc2ccc([S+](c3ccc(Sc4ccc(-c5ccccc5)cc4)cc3)c3ccc(Sc4ccc(-c5ccccc5)cc4)cc3)cc2)cc1.O=S(=O)([O-])C(F)(F)C(F)(F)C(F)(F)C(F)(F)F. The lowest BCUT2D eigenvalue weighted by Crippen LogP contribution is -2.63. The lowest BCUT2D eigenvalue weighted by atomic mass is 10.1. The van der Waals surface area contributed by atoms with E-state index in [2.05, 4.69) is 198 Å². The summed E-state index contributed by atoms with van der Waals surface area (Å²) in [6.07, 6.45) is -7.16. The van der Waals surface area contributed by atoms with E-state index in [-0.39, 0.29) is 10.9 Å². The van der Waals surface area contributed by atoms with Crippen molar-refractivity contribution in [3.8, 4) is 33.8 Å². The van der Waals surface area contributed by atoms with Crippen LogP contribution in [-0.2, 0) is 21.0 Å². The van der Waals surface area contributed by atoms with Gasteiger partial charge >= 0.3 is 23.3 Å². The molecule has 0 spiro atoms. The van der Waals surface area contributed by atoms with E-state index in [1.807, 2.05) is 24.3 Å². The van der Waals surface area contributed by atoms with E-state index in [4.69, 9.17) is 4.74 Å². The molecular formula is C52H34BrF9O4S4. The number of alkyl halides is 9. The molecule has 0 heterocycles. The molecule has 8 aromatic carbocycles. The highest BCUT2D eigenvalue weighted by Gasteiger charge is 2.83. The molecule has 360 valence electrons.